The predicted octanol–water partition coefficient (Wildman–Crippen LogP) is 4.84. The lowest BCUT2D eigenvalue weighted by atomic mass is 10.0. The summed E-state index contributed by atoms with van der Waals surface area (Å²) < 4.78 is 10.8. The maximum atomic E-state index is 13.7. The van der Waals surface area contributed by atoms with E-state index in [0.717, 1.165) is 0 Å². The molecule has 1 rings (SSSR count). The molecule has 0 saturated carbocycles. The van der Waals surface area contributed by atoms with Gasteiger partial charge in [-0.25, -0.2) is 0 Å². The Labute approximate surface area is 224 Å². The van der Waals surface area contributed by atoms with E-state index in [1.165, 1.54) is 28.4 Å². The monoisotopic (exact) mass is 547 g/mol. The number of nitrogens with zero attached hydrogens (tertiary/aromatic N) is 1. The first-order chi connectivity index (χ1) is 16.0. The molecule has 0 fully saturated rings. The molecule has 0 aromatic carbocycles. The van der Waals surface area contributed by atoms with Crippen molar-refractivity contribution in [1.82, 2.24) is 4.90 Å². The highest BCUT2D eigenvalue weighted by Gasteiger charge is 2.49. The molecule has 36 heavy (non-hydrogen) atoms. The average Bonchev–Trinajstić information content (AvgIpc) is 2.93. The average molecular weight is 548 g/mol. The summed E-state index contributed by atoms with van der Waals surface area (Å²) in [5.74, 6) is -1.73. The second-order valence-electron chi connectivity index (χ2n) is 12.6. The molecule has 0 aromatic rings. The number of thioether (sulfide) groups is 2. The van der Waals surface area contributed by atoms with Gasteiger partial charge in [0.1, 0.15) is 0 Å². The molecule has 0 radical (unpaired) electrons. The smallest absolute Gasteiger partial charge is 0.303 e. The van der Waals surface area contributed by atoms with E-state index in [4.69, 9.17) is 14.6 Å². The molecule has 2 N–H and O–H groups in total. The van der Waals surface area contributed by atoms with E-state index in [1.54, 1.807) is 27.7 Å². The van der Waals surface area contributed by atoms with Crippen LogP contribution in [0.5, 0.6) is 0 Å². The summed E-state index contributed by atoms with van der Waals surface area (Å²) in [7, 11) is 0. The fourth-order valence-electron chi connectivity index (χ4n) is 3.14. The van der Waals surface area contributed by atoms with Crippen molar-refractivity contribution < 1.29 is 34.1 Å². The number of ether oxygens (including phenoxy) is 2. The molecule has 1 aliphatic rings. The number of carbonyl (C=O) groups excluding carboxylic acids is 2. The number of amides is 2. The van der Waals surface area contributed by atoms with Gasteiger partial charge in [-0.05, 0) is 82.6 Å². The largest absolute Gasteiger partial charge is 0.481 e. The van der Waals surface area contributed by atoms with Gasteiger partial charge in [0.25, 0.3) is 11.8 Å². The van der Waals surface area contributed by atoms with Crippen molar-refractivity contribution in [3.05, 3.63) is 9.81 Å². The predicted molar refractivity (Wildman–Crippen MR) is 146 cm³/mol. The Balaban J connectivity index is 3.25. The number of carboxylic acid groups (broad SMARTS) is 1. The Morgan fingerprint density at radius 1 is 0.806 bits per heavy atom. The Kier molecular flexibility index (Phi) is 10.8. The fraction of sp³-hybridized carbons (Fsp3) is 0.808. The Morgan fingerprint density at radius 3 is 1.69 bits per heavy atom. The minimum atomic E-state index is -0.988. The van der Waals surface area contributed by atoms with Crippen LogP contribution in [0.2, 0.25) is 0 Å². The standard InChI is InChI=1S/C26H45NO7S2/c1-22(2,3)33-16-26(10,11)36-19-18(35-25(8,9)14-28)20(31)27(21(19)32)23(4,5)15-34-24(6,7)13-12-17(29)30/h28H,12-16H2,1-11H3,(H,29,30). The highest BCUT2D eigenvalue weighted by molar-refractivity contribution is 8.09. The highest BCUT2D eigenvalue weighted by Crippen LogP contribution is 2.47. The van der Waals surface area contributed by atoms with E-state index in [-0.39, 0.29) is 25.2 Å². The third-order valence-electron chi connectivity index (χ3n) is 5.35. The van der Waals surface area contributed by atoms with Crippen LogP contribution in [0.3, 0.4) is 0 Å². The molecule has 0 aliphatic carbocycles. The topological polar surface area (TPSA) is 113 Å². The lowest BCUT2D eigenvalue weighted by Gasteiger charge is -2.37. The van der Waals surface area contributed by atoms with E-state index < -0.39 is 38.4 Å². The number of aliphatic hydroxyl groups excluding tert-OH is 1. The van der Waals surface area contributed by atoms with Crippen LogP contribution in [0.15, 0.2) is 9.81 Å². The molecule has 8 nitrogen and oxygen atoms in total. The van der Waals surface area contributed by atoms with Gasteiger partial charge in [0, 0.05) is 15.9 Å². The summed E-state index contributed by atoms with van der Waals surface area (Å²) in [4.78, 5) is 40.3. The van der Waals surface area contributed by atoms with Crippen LogP contribution in [0.25, 0.3) is 0 Å². The molecule has 2 amide bonds. The molecule has 0 bridgehead atoms. The molecule has 0 saturated heterocycles. The SMILES string of the molecule is CC(C)(C)OCC(C)(C)SC1=C(SC(C)(C)CO)C(=O)N(C(C)(C)COC(C)(C)CCC(=O)O)C1=O. The van der Waals surface area contributed by atoms with Crippen molar-refractivity contribution in [3.8, 4) is 0 Å². The first kappa shape index (κ1) is 33.0. The molecule has 10 heteroatoms. The second-order valence-corrected chi connectivity index (χ2v) is 16.1. The van der Waals surface area contributed by atoms with E-state index in [0.29, 0.717) is 22.8 Å². The Hall–Kier alpha value is -1.07. The number of aliphatic carboxylic acids is 1. The summed E-state index contributed by atoms with van der Waals surface area (Å²) in [5.41, 5.74) is -2.08. The minimum Gasteiger partial charge on any atom is -0.481 e. The van der Waals surface area contributed by atoms with Crippen molar-refractivity contribution in [2.45, 2.75) is 115 Å². The van der Waals surface area contributed by atoms with Gasteiger partial charge in [-0.1, -0.05) is 0 Å². The summed E-state index contributed by atoms with van der Waals surface area (Å²) >= 11 is 2.51. The molecule has 0 aromatic heterocycles. The first-order valence-corrected chi connectivity index (χ1v) is 13.8. The van der Waals surface area contributed by atoms with Gasteiger partial charge in [0.05, 0.1) is 46.4 Å². The van der Waals surface area contributed by atoms with Gasteiger partial charge in [-0.3, -0.25) is 19.3 Å². The molecule has 0 unspecified atom stereocenters. The molecule has 0 atom stereocenters. The van der Waals surface area contributed by atoms with Gasteiger partial charge in [-0.2, -0.15) is 0 Å². The summed E-state index contributed by atoms with van der Waals surface area (Å²) in [5, 5.41) is 18.9. The third-order valence-corrected chi connectivity index (χ3v) is 8.00. The fourth-order valence-corrected chi connectivity index (χ4v) is 5.40. The van der Waals surface area contributed by atoms with Crippen LogP contribution in [0.4, 0.5) is 0 Å². The van der Waals surface area contributed by atoms with Crippen LogP contribution >= 0.6 is 23.5 Å². The van der Waals surface area contributed by atoms with Crippen molar-refractivity contribution in [1.29, 1.82) is 0 Å². The lowest BCUT2D eigenvalue weighted by molar-refractivity contribution is -0.149. The van der Waals surface area contributed by atoms with Crippen LogP contribution in [-0.4, -0.2) is 79.0 Å². The summed E-state index contributed by atoms with van der Waals surface area (Å²) in [6.45, 7) is 20.8. The third kappa shape index (κ3) is 10.0. The number of hydrogen-bond acceptors (Lipinski definition) is 8. The van der Waals surface area contributed by atoms with E-state index in [2.05, 4.69) is 0 Å². The summed E-state index contributed by atoms with van der Waals surface area (Å²) in [6, 6.07) is 0. The number of imide groups is 1. The molecule has 1 heterocycles. The summed E-state index contributed by atoms with van der Waals surface area (Å²) in [6.07, 6.45) is 0.257. The number of carbonyl (C=O) groups is 3. The van der Waals surface area contributed by atoms with Gasteiger partial charge in [-0.15, -0.1) is 23.5 Å². The van der Waals surface area contributed by atoms with Gasteiger partial charge < -0.3 is 19.7 Å². The maximum Gasteiger partial charge on any atom is 0.303 e. The van der Waals surface area contributed by atoms with Crippen molar-refractivity contribution in [2.24, 2.45) is 0 Å². The van der Waals surface area contributed by atoms with E-state index in [1.807, 2.05) is 48.5 Å². The van der Waals surface area contributed by atoms with E-state index in [9.17, 15) is 19.5 Å². The van der Waals surface area contributed by atoms with Crippen molar-refractivity contribution >= 4 is 41.3 Å². The van der Waals surface area contributed by atoms with Crippen LogP contribution in [0.1, 0.15) is 89.0 Å². The van der Waals surface area contributed by atoms with E-state index >= 15 is 0 Å². The quantitative estimate of drug-likeness (QED) is 0.295. The number of carboxylic acids is 1. The minimum absolute atomic E-state index is 0.0416. The number of aliphatic hydroxyl groups is 1. The van der Waals surface area contributed by atoms with Crippen LogP contribution < -0.4 is 0 Å². The number of rotatable bonds is 14. The highest BCUT2D eigenvalue weighted by atomic mass is 32.2. The molecular weight excluding hydrogens is 502 g/mol. The van der Waals surface area contributed by atoms with Gasteiger partial charge >= 0.3 is 5.97 Å². The van der Waals surface area contributed by atoms with Crippen molar-refractivity contribution in [3.63, 3.8) is 0 Å². The molecular formula is C26H45NO7S2. The zero-order chi connectivity index (χ0) is 28.3. The normalized spacial score (nSPS) is 16.4. The zero-order valence-electron chi connectivity index (χ0n) is 23.7. The van der Waals surface area contributed by atoms with Crippen LogP contribution in [0, 0.1) is 0 Å². The van der Waals surface area contributed by atoms with Crippen molar-refractivity contribution in [2.75, 3.05) is 19.8 Å². The molecule has 208 valence electrons. The number of hydrogen-bond donors (Lipinski definition) is 2. The van der Waals surface area contributed by atoms with Gasteiger partial charge in [0.2, 0.25) is 0 Å². The van der Waals surface area contributed by atoms with Gasteiger partial charge in [0.15, 0.2) is 0 Å². The Bertz CT molecular complexity index is 870. The second kappa shape index (κ2) is 11.8. The zero-order valence-corrected chi connectivity index (χ0v) is 25.4. The molecule has 0 spiro atoms. The molecule has 1 aliphatic heterocycles. The Morgan fingerprint density at radius 2 is 1.28 bits per heavy atom. The lowest BCUT2D eigenvalue weighted by Crippen LogP contribution is -2.52. The maximum absolute atomic E-state index is 13.7. The van der Waals surface area contributed by atoms with Crippen LogP contribution in [-0.2, 0) is 23.9 Å². The first-order valence-electron chi connectivity index (χ1n) is 12.1.